The minimum absolute atomic E-state index is 0.742. The maximum Gasteiger partial charge on any atom is 0.0637 e. The van der Waals surface area contributed by atoms with Gasteiger partial charge in [-0.2, -0.15) is 0 Å². The Labute approximate surface area is 72.6 Å². The van der Waals surface area contributed by atoms with Gasteiger partial charge in [-0.25, -0.2) is 0 Å². The van der Waals surface area contributed by atoms with Crippen molar-refractivity contribution in [2.75, 3.05) is 7.05 Å². The number of allylic oxidation sites excluding steroid dienone is 3. The molecule has 1 heterocycles. The number of hydrogen-bond donors (Lipinski definition) is 0. The summed E-state index contributed by atoms with van der Waals surface area (Å²) in [5, 5.41) is 0.742. The molecule has 0 radical (unpaired) electrons. The van der Waals surface area contributed by atoms with Crippen LogP contribution in [0.2, 0.25) is 0 Å². The first-order chi connectivity index (χ1) is 5.15. The minimum Gasteiger partial charge on any atom is -0.355 e. The molecule has 0 N–H and O–H groups in total. The molecule has 0 amide bonds. The van der Waals surface area contributed by atoms with Crippen molar-refractivity contribution in [1.29, 1.82) is 0 Å². The van der Waals surface area contributed by atoms with Gasteiger partial charge in [0.2, 0.25) is 0 Å². The van der Waals surface area contributed by atoms with E-state index in [-0.39, 0.29) is 0 Å². The second kappa shape index (κ2) is 3.14. The van der Waals surface area contributed by atoms with E-state index in [1.54, 1.807) is 0 Å². The Kier molecular flexibility index (Phi) is 2.40. The number of hydrogen-bond acceptors (Lipinski definition) is 1. The summed E-state index contributed by atoms with van der Waals surface area (Å²) >= 11 is 5.91. The molecule has 0 saturated heterocycles. The molecule has 0 aliphatic carbocycles. The highest BCUT2D eigenvalue weighted by Gasteiger charge is 2.10. The van der Waals surface area contributed by atoms with Crippen LogP contribution in [-0.4, -0.2) is 11.9 Å². The topological polar surface area (TPSA) is 3.24 Å². The molecule has 2 heteroatoms. The Balaban J connectivity index is 2.91. The van der Waals surface area contributed by atoms with Crippen molar-refractivity contribution < 1.29 is 0 Å². The Morgan fingerprint density at radius 1 is 1.55 bits per heavy atom. The molecule has 1 aliphatic rings. The largest absolute Gasteiger partial charge is 0.355 e. The van der Waals surface area contributed by atoms with Crippen molar-refractivity contribution >= 4 is 11.6 Å². The average Bonchev–Trinajstić information content (AvgIpc) is 1.96. The van der Waals surface area contributed by atoms with Gasteiger partial charge in [0.05, 0.1) is 5.03 Å². The van der Waals surface area contributed by atoms with Crippen molar-refractivity contribution in [3.63, 3.8) is 0 Å². The second-order valence-corrected chi connectivity index (χ2v) is 3.04. The van der Waals surface area contributed by atoms with Crippen LogP contribution < -0.4 is 0 Å². The molecule has 1 aliphatic heterocycles. The highest BCUT2D eigenvalue weighted by molar-refractivity contribution is 6.32. The summed E-state index contributed by atoms with van der Waals surface area (Å²) in [7, 11) is 1.96. The fourth-order valence-corrected chi connectivity index (χ4v) is 1.35. The fourth-order valence-electron chi connectivity index (χ4n) is 1.08. The summed E-state index contributed by atoms with van der Waals surface area (Å²) in [4.78, 5) is 1.95. The van der Waals surface area contributed by atoms with E-state index in [4.69, 9.17) is 11.6 Å². The predicted octanol–water partition coefficient (Wildman–Crippen LogP) is 2.86. The van der Waals surface area contributed by atoms with Crippen molar-refractivity contribution in [1.82, 2.24) is 4.90 Å². The number of nitrogens with zero attached hydrogens (tertiary/aromatic N) is 1. The molecule has 1 rings (SSSR count). The van der Waals surface area contributed by atoms with Gasteiger partial charge in [-0.3, -0.25) is 0 Å². The SMILES string of the molecule is C=C1C(Cl)=CN(C)C=C1CC. The van der Waals surface area contributed by atoms with Gasteiger partial charge in [-0.1, -0.05) is 25.1 Å². The summed E-state index contributed by atoms with van der Waals surface area (Å²) in [6.45, 7) is 5.98. The summed E-state index contributed by atoms with van der Waals surface area (Å²) in [6, 6.07) is 0. The van der Waals surface area contributed by atoms with Crippen molar-refractivity contribution in [2.24, 2.45) is 0 Å². The third-order valence-corrected chi connectivity index (χ3v) is 2.06. The normalized spacial score (nSPS) is 18.1. The first kappa shape index (κ1) is 8.41. The lowest BCUT2D eigenvalue weighted by molar-refractivity contribution is 0.607. The molecular weight excluding hydrogens is 158 g/mol. The molecule has 0 aromatic rings. The van der Waals surface area contributed by atoms with Gasteiger partial charge < -0.3 is 4.90 Å². The van der Waals surface area contributed by atoms with E-state index in [0.29, 0.717) is 0 Å². The number of halogens is 1. The zero-order valence-electron chi connectivity index (χ0n) is 6.89. The van der Waals surface area contributed by atoms with Crippen molar-refractivity contribution in [3.05, 3.63) is 35.2 Å². The second-order valence-electron chi connectivity index (χ2n) is 2.63. The standard InChI is InChI=1S/C9H12ClN/c1-4-8-5-11(3)6-9(10)7(8)2/h5-6H,2,4H2,1,3H3. The third-order valence-electron chi connectivity index (χ3n) is 1.73. The molecular formula is C9H12ClN. The Morgan fingerprint density at radius 3 is 2.73 bits per heavy atom. The lowest BCUT2D eigenvalue weighted by Crippen LogP contribution is -2.09. The molecule has 0 spiro atoms. The van der Waals surface area contributed by atoms with Gasteiger partial charge >= 0.3 is 0 Å². The Hall–Kier alpha value is -0.690. The van der Waals surface area contributed by atoms with Crippen LogP contribution in [0, 0.1) is 0 Å². The van der Waals surface area contributed by atoms with E-state index in [1.807, 2.05) is 24.3 Å². The van der Waals surface area contributed by atoms with Gasteiger partial charge in [0.25, 0.3) is 0 Å². The summed E-state index contributed by atoms with van der Waals surface area (Å²) < 4.78 is 0. The third kappa shape index (κ3) is 1.66. The Bertz CT molecular complexity index is 238. The van der Waals surface area contributed by atoms with Crippen LogP contribution in [0.25, 0.3) is 0 Å². The van der Waals surface area contributed by atoms with Crippen molar-refractivity contribution in [2.45, 2.75) is 13.3 Å². The van der Waals surface area contributed by atoms with E-state index < -0.39 is 0 Å². The van der Waals surface area contributed by atoms with Gasteiger partial charge in [-0.05, 0) is 17.6 Å². The molecule has 60 valence electrons. The van der Waals surface area contributed by atoms with Gasteiger partial charge in [-0.15, -0.1) is 0 Å². The smallest absolute Gasteiger partial charge is 0.0637 e. The van der Waals surface area contributed by atoms with Crippen molar-refractivity contribution in [3.8, 4) is 0 Å². The minimum atomic E-state index is 0.742. The van der Waals surface area contributed by atoms with Gasteiger partial charge in [0, 0.05) is 19.4 Å². The van der Waals surface area contributed by atoms with Crippen LogP contribution in [0.1, 0.15) is 13.3 Å². The quantitative estimate of drug-likeness (QED) is 0.584. The fraction of sp³-hybridized carbons (Fsp3) is 0.333. The monoisotopic (exact) mass is 169 g/mol. The van der Waals surface area contributed by atoms with Gasteiger partial charge in [0.15, 0.2) is 0 Å². The van der Waals surface area contributed by atoms with Crippen LogP contribution in [0.3, 0.4) is 0 Å². The maximum atomic E-state index is 5.91. The predicted molar refractivity (Wildman–Crippen MR) is 49.2 cm³/mol. The number of rotatable bonds is 1. The average molecular weight is 170 g/mol. The van der Waals surface area contributed by atoms with E-state index in [2.05, 4.69) is 13.5 Å². The molecule has 0 saturated carbocycles. The molecule has 0 bridgehead atoms. The van der Waals surface area contributed by atoms with Crippen LogP contribution >= 0.6 is 11.6 Å². The Morgan fingerprint density at radius 2 is 2.18 bits per heavy atom. The highest BCUT2D eigenvalue weighted by Crippen LogP contribution is 2.27. The zero-order chi connectivity index (χ0) is 8.43. The zero-order valence-corrected chi connectivity index (χ0v) is 7.65. The molecule has 0 atom stereocenters. The molecule has 11 heavy (non-hydrogen) atoms. The molecule has 0 aromatic heterocycles. The molecule has 0 unspecified atom stereocenters. The van der Waals surface area contributed by atoms with E-state index in [0.717, 1.165) is 17.0 Å². The maximum absolute atomic E-state index is 5.91. The van der Waals surface area contributed by atoms with E-state index in [1.165, 1.54) is 5.57 Å². The van der Waals surface area contributed by atoms with Gasteiger partial charge in [0.1, 0.15) is 0 Å². The summed E-state index contributed by atoms with van der Waals surface area (Å²) in [6.07, 6.45) is 4.89. The van der Waals surface area contributed by atoms with E-state index >= 15 is 0 Å². The highest BCUT2D eigenvalue weighted by atomic mass is 35.5. The van der Waals surface area contributed by atoms with Crippen LogP contribution in [-0.2, 0) is 0 Å². The lowest BCUT2D eigenvalue weighted by Gasteiger charge is -2.19. The lowest BCUT2D eigenvalue weighted by atomic mass is 10.0. The summed E-state index contributed by atoms with van der Waals surface area (Å²) in [5.41, 5.74) is 2.16. The molecule has 0 fully saturated rings. The van der Waals surface area contributed by atoms with Crippen LogP contribution in [0.15, 0.2) is 35.2 Å². The molecule has 0 aromatic carbocycles. The first-order valence-corrected chi connectivity index (χ1v) is 4.02. The van der Waals surface area contributed by atoms with E-state index in [9.17, 15) is 0 Å². The molecule has 1 nitrogen and oxygen atoms in total. The van der Waals surface area contributed by atoms with Crippen LogP contribution in [0.5, 0.6) is 0 Å². The van der Waals surface area contributed by atoms with Crippen LogP contribution in [0.4, 0.5) is 0 Å². The first-order valence-electron chi connectivity index (χ1n) is 3.64. The summed E-state index contributed by atoms with van der Waals surface area (Å²) in [5.74, 6) is 0.